The van der Waals surface area contributed by atoms with Crippen LogP contribution in [0.4, 0.5) is 0 Å². The Kier molecular flexibility index (Phi) is 5.43. The van der Waals surface area contributed by atoms with Gasteiger partial charge in [0.1, 0.15) is 6.54 Å². The molecule has 0 atom stereocenters. The largest absolute Gasteiger partial charge is 0.480 e. The molecule has 3 N–H and O–H groups in total. The van der Waals surface area contributed by atoms with E-state index >= 15 is 0 Å². The molecule has 0 aromatic carbocycles. The van der Waals surface area contributed by atoms with Crippen molar-refractivity contribution in [3.8, 4) is 0 Å². The first-order chi connectivity index (χ1) is 8.59. The van der Waals surface area contributed by atoms with E-state index in [2.05, 4.69) is 10.6 Å². The second-order valence-electron chi connectivity index (χ2n) is 3.51. The fourth-order valence-electron chi connectivity index (χ4n) is 1.21. The van der Waals surface area contributed by atoms with Crippen molar-refractivity contribution < 1.29 is 23.9 Å². The maximum atomic E-state index is 11.4. The molecule has 0 aliphatic heterocycles. The Bertz CT molecular complexity index is 413. The number of hydrogen-bond donors (Lipinski definition) is 3. The molecule has 0 unspecified atom stereocenters. The molecule has 0 spiro atoms. The Morgan fingerprint density at radius 1 is 1.28 bits per heavy atom. The minimum absolute atomic E-state index is 0.158. The van der Waals surface area contributed by atoms with Crippen LogP contribution >= 0.6 is 0 Å². The number of aliphatic carboxylic acids is 1. The number of carboxylic acid groups (broad SMARTS) is 1. The van der Waals surface area contributed by atoms with Gasteiger partial charge in [0.2, 0.25) is 5.91 Å². The molecule has 0 aliphatic rings. The Morgan fingerprint density at radius 2 is 2.06 bits per heavy atom. The van der Waals surface area contributed by atoms with E-state index in [1.807, 2.05) is 0 Å². The number of carboxylic acids is 1. The van der Waals surface area contributed by atoms with E-state index < -0.39 is 12.5 Å². The first-order valence-electron chi connectivity index (χ1n) is 5.40. The van der Waals surface area contributed by atoms with Gasteiger partial charge in [-0.25, -0.2) is 0 Å². The van der Waals surface area contributed by atoms with Gasteiger partial charge in [0, 0.05) is 13.0 Å². The number of rotatable bonds is 7. The summed E-state index contributed by atoms with van der Waals surface area (Å²) in [6.45, 7) is -0.0718. The minimum Gasteiger partial charge on any atom is -0.480 e. The van der Waals surface area contributed by atoms with Crippen LogP contribution in [0.3, 0.4) is 0 Å². The zero-order valence-electron chi connectivity index (χ0n) is 9.64. The van der Waals surface area contributed by atoms with Crippen LogP contribution in [0, 0.1) is 0 Å². The van der Waals surface area contributed by atoms with Gasteiger partial charge in [0.25, 0.3) is 5.91 Å². The number of furan rings is 1. The molecule has 7 heteroatoms. The lowest BCUT2D eigenvalue weighted by Gasteiger charge is -2.03. The first kappa shape index (κ1) is 13.8. The maximum absolute atomic E-state index is 11.4. The van der Waals surface area contributed by atoms with Crippen molar-refractivity contribution in [3.05, 3.63) is 24.2 Å². The van der Waals surface area contributed by atoms with Crippen LogP contribution in [0.5, 0.6) is 0 Å². The summed E-state index contributed by atoms with van der Waals surface area (Å²) in [5.74, 6) is -1.57. The molecular weight excluding hydrogens is 240 g/mol. The topological polar surface area (TPSA) is 109 Å². The second kappa shape index (κ2) is 7.10. The summed E-state index contributed by atoms with van der Waals surface area (Å²) in [7, 11) is 0. The zero-order chi connectivity index (χ0) is 13.4. The Labute approximate surface area is 103 Å². The van der Waals surface area contributed by atoms with Crippen LogP contribution in [-0.4, -0.2) is 36.0 Å². The van der Waals surface area contributed by atoms with Crippen molar-refractivity contribution in [2.45, 2.75) is 12.8 Å². The maximum Gasteiger partial charge on any atom is 0.322 e. The average molecular weight is 254 g/mol. The molecule has 0 saturated heterocycles. The lowest BCUT2D eigenvalue weighted by atomic mass is 10.3. The number of carbonyl (C=O) groups excluding carboxylic acids is 2. The molecule has 98 valence electrons. The van der Waals surface area contributed by atoms with Gasteiger partial charge in [0.15, 0.2) is 5.76 Å². The molecule has 1 aromatic heterocycles. The molecule has 1 rings (SSSR count). The summed E-state index contributed by atoms with van der Waals surface area (Å²) in [6, 6.07) is 3.14. The Hall–Kier alpha value is -2.31. The van der Waals surface area contributed by atoms with E-state index in [-0.39, 0.29) is 24.0 Å². The van der Waals surface area contributed by atoms with E-state index in [9.17, 15) is 14.4 Å². The predicted molar refractivity (Wildman–Crippen MR) is 60.9 cm³/mol. The zero-order valence-corrected chi connectivity index (χ0v) is 9.64. The normalized spacial score (nSPS) is 9.78. The Morgan fingerprint density at radius 3 is 2.67 bits per heavy atom. The third-order valence-corrected chi connectivity index (χ3v) is 2.05. The number of nitrogens with one attached hydrogen (secondary N) is 2. The van der Waals surface area contributed by atoms with Gasteiger partial charge in [0.05, 0.1) is 6.26 Å². The van der Waals surface area contributed by atoms with Crippen LogP contribution in [0.2, 0.25) is 0 Å². The molecule has 0 radical (unpaired) electrons. The second-order valence-corrected chi connectivity index (χ2v) is 3.51. The van der Waals surface area contributed by atoms with E-state index in [1.165, 1.54) is 12.3 Å². The van der Waals surface area contributed by atoms with Gasteiger partial charge in [-0.1, -0.05) is 0 Å². The molecule has 0 aliphatic carbocycles. The molecule has 0 bridgehead atoms. The molecule has 1 heterocycles. The van der Waals surface area contributed by atoms with E-state index in [0.717, 1.165) is 0 Å². The van der Waals surface area contributed by atoms with Crippen molar-refractivity contribution in [1.29, 1.82) is 0 Å². The summed E-state index contributed by atoms with van der Waals surface area (Å²) in [5.41, 5.74) is 0. The highest BCUT2D eigenvalue weighted by Crippen LogP contribution is 1.99. The van der Waals surface area contributed by atoms with E-state index in [1.54, 1.807) is 6.07 Å². The van der Waals surface area contributed by atoms with Crippen molar-refractivity contribution >= 4 is 17.8 Å². The monoisotopic (exact) mass is 254 g/mol. The van der Waals surface area contributed by atoms with E-state index in [4.69, 9.17) is 9.52 Å². The minimum atomic E-state index is -1.09. The summed E-state index contributed by atoms with van der Waals surface area (Å²) >= 11 is 0. The molecule has 1 aromatic rings. The molecule has 2 amide bonds. The number of amides is 2. The summed E-state index contributed by atoms with van der Waals surface area (Å²) in [5, 5.41) is 13.1. The fourth-order valence-corrected chi connectivity index (χ4v) is 1.21. The predicted octanol–water partition coefficient (Wildman–Crippen LogP) is -0.00960. The number of carbonyl (C=O) groups is 3. The first-order valence-corrected chi connectivity index (χ1v) is 5.40. The molecule has 18 heavy (non-hydrogen) atoms. The van der Waals surface area contributed by atoms with Gasteiger partial charge in [-0.05, 0) is 18.6 Å². The van der Waals surface area contributed by atoms with Crippen LogP contribution < -0.4 is 10.6 Å². The van der Waals surface area contributed by atoms with Crippen molar-refractivity contribution in [1.82, 2.24) is 10.6 Å². The van der Waals surface area contributed by atoms with Gasteiger partial charge in [-0.15, -0.1) is 0 Å². The number of hydrogen-bond acceptors (Lipinski definition) is 4. The van der Waals surface area contributed by atoms with Crippen molar-refractivity contribution in [2.75, 3.05) is 13.1 Å². The van der Waals surface area contributed by atoms with Gasteiger partial charge in [-0.3, -0.25) is 14.4 Å². The van der Waals surface area contributed by atoms with Crippen molar-refractivity contribution in [3.63, 3.8) is 0 Å². The Balaban J connectivity index is 2.10. The fraction of sp³-hybridized carbons (Fsp3) is 0.364. The van der Waals surface area contributed by atoms with Crippen LogP contribution in [0.25, 0.3) is 0 Å². The smallest absolute Gasteiger partial charge is 0.322 e. The summed E-state index contributed by atoms with van der Waals surface area (Å²) in [4.78, 5) is 32.7. The third-order valence-electron chi connectivity index (χ3n) is 2.05. The molecule has 0 saturated carbocycles. The summed E-state index contributed by atoms with van der Waals surface area (Å²) in [6.07, 6.45) is 1.98. The average Bonchev–Trinajstić information content (AvgIpc) is 2.85. The van der Waals surface area contributed by atoms with Gasteiger partial charge in [-0.2, -0.15) is 0 Å². The molecular formula is C11H14N2O5. The molecule has 7 nitrogen and oxygen atoms in total. The highest BCUT2D eigenvalue weighted by Gasteiger charge is 2.08. The van der Waals surface area contributed by atoms with Gasteiger partial charge < -0.3 is 20.2 Å². The lowest BCUT2D eigenvalue weighted by molar-refractivity contribution is -0.137. The third kappa shape index (κ3) is 5.15. The highest BCUT2D eigenvalue weighted by molar-refractivity contribution is 5.91. The highest BCUT2D eigenvalue weighted by atomic mass is 16.4. The van der Waals surface area contributed by atoms with Gasteiger partial charge >= 0.3 is 5.97 Å². The standard InChI is InChI=1S/C11H14N2O5/c14-9(13-7-10(15)16)4-1-5-12-11(17)8-3-2-6-18-8/h2-3,6H,1,4-5,7H2,(H,12,17)(H,13,14)(H,15,16). The summed E-state index contributed by atoms with van der Waals surface area (Å²) < 4.78 is 4.88. The molecule has 0 fully saturated rings. The van der Waals surface area contributed by atoms with Crippen LogP contribution in [-0.2, 0) is 9.59 Å². The SMILES string of the molecule is O=C(O)CNC(=O)CCCNC(=O)c1ccco1. The van der Waals surface area contributed by atoms with Crippen LogP contribution in [0.1, 0.15) is 23.4 Å². The van der Waals surface area contributed by atoms with Crippen molar-refractivity contribution in [2.24, 2.45) is 0 Å². The lowest BCUT2D eigenvalue weighted by Crippen LogP contribution is -2.30. The van der Waals surface area contributed by atoms with Crippen LogP contribution in [0.15, 0.2) is 22.8 Å². The quantitative estimate of drug-likeness (QED) is 0.593. The van der Waals surface area contributed by atoms with E-state index in [0.29, 0.717) is 13.0 Å².